The number of aromatic nitrogens is 1. The summed E-state index contributed by atoms with van der Waals surface area (Å²) in [4.78, 5) is 8.77. The summed E-state index contributed by atoms with van der Waals surface area (Å²) in [5.74, 6) is 0.456. The van der Waals surface area contributed by atoms with Crippen LogP contribution in [0.25, 0.3) is 0 Å². The van der Waals surface area contributed by atoms with Gasteiger partial charge in [0.1, 0.15) is 5.82 Å². The van der Waals surface area contributed by atoms with E-state index in [2.05, 4.69) is 60.5 Å². The number of hydrogen-bond donors (Lipinski definition) is 3. The monoisotopic (exact) mass is 416 g/mol. The van der Waals surface area contributed by atoms with Crippen LogP contribution in [0, 0.1) is 0 Å². The molecule has 0 fully saturated rings. The van der Waals surface area contributed by atoms with Crippen LogP contribution in [0.15, 0.2) is 77.9 Å². The fourth-order valence-electron chi connectivity index (χ4n) is 3.50. The molecule has 0 radical (unpaired) electrons. The Bertz CT molecular complexity index is 970. The molecule has 2 atom stereocenters. The van der Waals surface area contributed by atoms with Crippen LogP contribution >= 0.6 is 0 Å². The normalized spacial score (nSPS) is 13.7. The van der Waals surface area contributed by atoms with E-state index in [-0.39, 0.29) is 6.04 Å². The number of anilines is 1. The van der Waals surface area contributed by atoms with E-state index in [1.54, 1.807) is 12.3 Å². The van der Waals surface area contributed by atoms with Crippen molar-refractivity contribution >= 4 is 11.5 Å². The maximum Gasteiger partial charge on any atom is 0.123 e. The molecule has 0 saturated heterocycles. The molecule has 3 aromatic rings. The van der Waals surface area contributed by atoms with Gasteiger partial charge in [0.15, 0.2) is 0 Å². The third kappa shape index (κ3) is 7.63. The fraction of sp³-hybridized carbons (Fsp3) is 0.308. The van der Waals surface area contributed by atoms with Crippen molar-refractivity contribution in [1.29, 1.82) is 0 Å². The second-order valence-corrected chi connectivity index (χ2v) is 8.08. The van der Waals surface area contributed by atoms with Crippen molar-refractivity contribution in [2.45, 2.75) is 45.4 Å². The molecule has 0 amide bonds. The zero-order valence-corrected chi connectivity index (χ0v) is 18.3. The molecule has 162 valence electrons. The van der Waals surface area contributed by atoms with Gasteiger partial charge in [0.05, 0.1) is 12.6 Å². The summed E-state index contributed by atoms with van der Waals surface area (Å²) in [5.41, 5.74) is 11.3. The summed E-state index contributed by atoms with van der Waals surface area (Å²) in [5, 5.41) is 13.8. The van der Waals surface area contributed by atoms with Gasteiger partial charge in [-0.25, -0.2) is 4.98 Å². The van der Waals surface area contributed by atoms with Gasteiger partial charge in [-0.3, -0.25) is 4.99 Å². The molecule has 5 nitrogen and oxygen atoms in total. The Morgan fingerprint density at radius 3 is 2.52 bits per heavy atom. The lowest BCUT2D eigenvalue weighted by molar-refractivity contribution is 0.170. The summed E-state index contributed by atoms with van der Waals surface area (Å²) in [6.07, 6.45) is 2.76. The number of aliphatic imine (C=N–C) groups is 1. The maximum atomic E-state index is 10.3. The average Bonchev–Trinajstić information content (AvgIpc) is 2.77. The molecule has 0 aliphatic rings. The van der Waals surface area contributed by atoms with Crippen molar-refractivity contribution in [2.75, 3.05) is 12.3 Å². The lowest BCUT2D eigenvalue weighted by Gasteiger charge is -2.18. The molecule has 0 aliphatic heterocycles. The van der Waals surface area contributed by atoms with Crippen LogP contribution in [0.5, 0.6) is 0 Å². The predicted octanol–water partition coefficient (Wildman–Crippen LogP) is 4.12. The van der Waals surface area contributed by atoms with E-state index >= 15 is 0 Å². The lowest BCUT2D eigenvalue weighted by Crippen LogP contribution is -2.32. The first-order valence-corrected chi connectivity index (χ1v) is 10.7. The van der Waals surface area contributed by atoms with E-state index in [1.165, 1.54) is 16.7 Å². The minimum absolute atomic E-state index is 0.236. The van der Waals surface area contributed by atoms with Gasteiger partial charge in [-0.1, -0.05) is 60.7 Å². The molecule has 0 unspecified atom stereocenters. The Kier molecular flexibility index (Phi) is 8.33. The number of nitrogens with one attached hydrogen (secondary N) is 1. The van der Waals surface area contributed by atoms with Crippen LogP contribution in [-0.4, -0.2) is 28.4 Å². The molecule has 4 N–H and O–H groups in total. The number of pyridine rings is 1. The van der Waals surface area contributed by atoms with Crippen LogP contribution in [0.3, 0.4) is 0 Å². The van der Waals surface area contributed by atoms with Crippen LogP contribution in [-0.2, 0) is 19.4 Å². The Morgan fingerprint density at radius 2 is 1.77 bits per heavy atom. The Hall–Kier alpha value is -3.02. The SMILES string of the molecule is CC(Cc1cccc(C[C@@H](C)NC[C@H](O)c2ccc(N)nc2)c1)=NCc1ccccc1. The Balaban J connectivity index is 1.49. The van der Waals surface area contributed by atoms with Crippen LogP contribution < -0.4 is 11.1 Å². The molecular weight excluding hydrogens is 384 g/mol. The van der Waals surface area contributed by atoms with Crippen molar-refractivity contribution in [3.8, 4) is 0 Å². The van der Waals surface area contributed by atoms with Gasteiger partial charge in [0, 0.05) is 36.5 Å². The molecule has 3 rings (SSSR count). The number of aliphatic hydroxyl groups is 1. The van der Waals surface area contributed by atoms with Crippen LogP contribution in [0.2, 0.25) is 0 Å². The first-order valence-electron chi connectivity index (χ1n) is 10.7. The highest BCUT2D eigenvalue weighted by Crippen LogP contribution is 2.13. The summed E-state index contributed by atoms with van der Waals surface area (Å²) in [6.45, 7) is 5.41. The summed E-state index contributed by atoms with van der Waals surface area (Å²) in [7, 11) is 0. The fourth-order valence-corrected chi connectivity index (χ4v) is 3.50. The second-order valence-electron chi connectivity index (χ2n) is 8.08. The second kappa shape index (κ2) is 11.4. The molecule has 2 aromatic carbocycles. The quantitative estimate of drug-likeness (QED) is 0.434. The molecule has 0 spiro atoms. The molecule has 5 heteroatoms. The van der Waals surface area contributed by atoms with Crippen LogP contribution in [0.1, 0.15) is 42.2 Å². The van der Waals surface area contributed by atoms with Crippen molar-refractivity contribution in [2.24, 2.45) is 4.99 Å². The first kappa shape index (κ1) is 22.7. The number of aliphatic hydroxyl groups excluding tert-OH is 1. The van der Waals surface area contributed by atoms with E-state index in [9.17, 15) is 5.11 Å². The number of benzene rings is 2. The highest BCUT2D eigenvalue weighted by molar-refractivity contribution is 5.84. The minimum atomic E-state index is -0.606. The zero-order chi connectivity index (χ0) is 22.1. The highest BCUT2D eigenvalue weighted by atomic mass is 16.3. The van der Waals surface area contributed by atoms with Crippen molar-refractivity contribution in [3.05, 3.63) is 95.2 Å². The maximum absolute atomic E-state index is 10.3. The number of hydrogen-bond acceptors (Lipinski definition) is 5. The highest BCUT2D eigenvalue weighted by Gasteiger charge is 2.11. The molecule has 1 aromatic heterocycles. The molecule has 0 aliphatic carbocycles. The summed E-state index contributed by atoms with van der Waals surface area (Å²) in [6, 6.07) is 22.7. The van der Waals surface area contributed by atoms with Gasteiger partial charge >= 0.3 is 0 Å². The Morgan fingerprint density at radius 1 is 1.03 bits per heavy atom. The third-order valence-corrected chi connectivity index (χ3v) is 5.22. The van der Waals surface area contributed by atoms with E-state index in [0.717, 1.165) is 30.7 Å². The van der Waals surface area contributed by atoms with Crippen molar-refractivity contribution in [1.82, 2.24) is 10.3 Å². The van der Waals surface area contributed by atoms with E-state index in [0.29, 0.717) is 12.4 Å². The lowest BCUT2D eigenvalue weighted by atomic mass is 10.0. The molecule has 1 heterocycles. The molecule has 0 bridgehead atoms. The average molecular weight is 417 g/mol. The standard InChI is InChI=1S/C26H32N4O/c1-19(28-16-21-7-4-3-5-8-21)13-22-9-6-10-23(15-22)14-20(2)29-18-25(31)24-11-12-26(27)30-17-24/h3-12,15,17,20,25,29,31H,13-14,16,18H2,1-2H3,(H2,27,30)/t20-,25+/m1/s1. The van der Waals surface area contributed by atoms with Gasteiger partial charge in [-0.15, -0.1) is 0 Å². The van der Waals surface area contributed by atoms with Crippen LogP contribution in [0.4, 0.5) is 5.82 Å². The van der Waals surface area contributed by atoms with Gasteiger partial charge in [0.25, 0.3) is 0 Å². The minimum Gasteiger partial charge on any atom is -0.387 e. The number of rotatable bonds is 10. The third-order valence-electron chi connectivity index (χ3n) is 5.22. The van der Waals surface area contributed by atoms with Gasteiger partial charge in [-0.05, 0) is 43.0 Å². The first-order chi connectivity index (χ1) is 15.0. The zero-order valence-electron chi connectivity index (χ0n) is 18.3. The topological polar surface area (TPSA) is 83.5 Å². The summed E-state index contributed by atoms with van der Waals surface area (Å²) >= 11 is 0. The largest absolute Gasteiger partial charge is 0.387 e. The van der Waals surface area contributed by atoms with Crippen molar-refractivity contribution in [3.63, 3.8) is 0 Å². The number of nitrogen functional groups attached to an aromatic ring is 1. The van der Waals surface area contributed by atoms with Gasteiger partial charge in [0.2, 0.25) is 0 Å². The molecule has 0 saturated carbocycles. The predicted molar refractivity (Wildman–Crippen MR) is 128 cm³/mol. The number of nitrogens with two attached hydrogens (primary N) is 1. The molecular formula is C26H32N4O. The van der Waals surface area contributed by atoms with Gasteiger partial charge < -0.3 is 16.2 Å². The molecule has 31 heavy (non-hydrogen) atoms. The van der Waals surface area contributed by atoms with Gasteiger partial charge in [-0.2, -0.15) is 0 Å². The van der Waals surface area contributed by atoms with E-state index < -0.39 is 6.10 Å². The van der Waals surface area contributed by atoms with E-state index in [1.807, 2.05) is 24.3 Å². The smallest absolute Gasteiger partial charge is 0.123 e. The van der Waals surface area contributed by atoms with E-state index in [4.69, 9.17) is 10.7 Å². The van der Waals surface area contributed by atoms with Crippen molar-refractivity contribution < 1.29 is 5.11 Å². The number of nitrogens with zero attached hydrogens (tertiary/aromatic N) is 2. The summed E-state index contributed by atoms with van der Waals surface area (Å²) < 4.78 is 0. The Labute approximate surface area is 185 Å².